The molecule has 0 fully saturated rings. The van der Waals surface area contributed by atoms with Crippen LogP contribution in [0.3, 0.4) is 0 Å². The lowest BCUT2D eigenvalue weighted by Crippen LogP contribution is -2.20. The maximum Gasteiger partial charge on any atom is 0.244 e. The van der Waals surface area contributed by atoms with Crippen LogP contribution in [-0.2, 0) is 11.3 Å². The number of carbonyl (C=O) groups is 1. The number of para-hydroxylation sites is 1. The zero-order valence-electron chi connectivity index (χ0n) is 14.7. The molecule has 6 heteroatoms. The molecule has 2 aromatic carbocycles. The van der Waals surface area contributed by atoms with Gasteiger partial charge < -0.3 is 14.3 Å². The molecule has 2 aromatic heterocycles. The second kappa shape index (κ2) is 6.92. The minimum absolute atomic E-state index is 0.0551. The van der Waals surface area contributed by atoms with Gasteiger partial charge in [-0.05, 0) is 36.4 Å². The van der Waals surface area contributed by atoms with Gasteiger partial charge in [-0.3, -0.25) is 9.59 Å². The van der Waals surface area contributed by atoms with Gasteiger partial charge in [-0.25, -0.2) is 4.98 Å². The summed E-state index contributed by atoms with van der Waals surface area (Å²) in [5.74, 6) is 1.12. The van der Waals surface area contributed by atoms with Crippen molar-refractivity contribution in [2.75, 3.05) is 5.32 Å². The summed E-state index contributed by atoms with van der Waals surface area (Å²) in [5, 5.41) is 3.47. The molecular weight excluding hydrogens is 342 g/mol. The first kappa shape index (κ1) is 16.8. The Hall–Kier alpha value is -3.67. The van der Waals surface area contributed by atoms with Crippen LogP contribution < -0.4 is 10.7 Å². The fraction of sp³-hybridized carbons (Fsp3) is 0.0952. The van der Waals surface area contributed by atoms with Gasteiger partial charge in [0, 0.05) is 35.8 Å². The Balaban J connectivity index is 1.50. The third kappa shape index (κ3) is 3.50. The van der Waals surface area contributed by atoms with Crippen molar-refractivity contribution in [1.29, 1.82) is 0 Å². The van der Waals surface area contributed by atoms with Crippen LogP contribution in [0.15, 0.2) is 76.2 Å². The highest BCUT2D eigenvalue weighted by molar-refractivity contribution is 5.92. The number of oxazole rings is 1. The van der Waals surface area contributed by atoms with Gasteiger partial charge >= 0.3 is 0 Å². The van der Waals surface area contributed by atoms with E-state index in [0.29, 0.717) is 22.7 Å². The highest BCUT2D eigenvalue weighted by Gasteiger charge is 2.08. The summed E-state index contributed by atoms with van der Waals surface area (Å²) in [7, 11) is 0. The van der Waals surface area contributed by atoms with E-state index in [1.165, 1.54) is 6.07 Å². The van der Waals surface area contributed by atoms with Gasteiger partial charge in [0.05, 0.1) is 11.7 Å². The summed E-state index contributed by atoms with van der Waals surface area (Å²) in [6.07, 6.45) is 3.31. The van der Waals surface area contributed by atoms with Crippen LogP contribution in [0.4, 0.5) is 5.69 Å². The van der Waals surface area contributed by atoms with Crippen molar-refractivity contribution in [2.24, 2.45) is 0 Å². The third-order valence-electron chi connectivity index (χ3n) is 4.27. The van der Waals surface area contributed by atoms with Crippen molar-refractivity contribution in [3.05, 3.63) is 83.1 Å². The summed E-state index contributed by atoms with van der Waals surface area (Å²) in [4.78, 5) is 28.4. The monoisotopic (exact) mass is 359 g/mol. The zero-order valence-corrected chi connectivity index (χ0v) is 14.7. The number of hydrogen-bond acceptors (Lipinski definition) is 4. The molecule has 0 aliphatic carbocycles. The van der Waals surface area contributed by atoms with E-state index < -0.39 is 0 Å². The molecule has 0 bridgehead atoms. The summed E-state index contributed by atoms with van der Waals surface area (Å²) in [5.41, 5.74) is 2.25. The van der Waals surface area contributed by atoms with Crippen LogP contribution >= 0.6 is 0 Å². The average Bonchev–Trinajstić information content (AvgIpc) is 3.11. The molecule has 0 aliphatic heterocycles. The Bertz CT molecular complexity index is 1170. The Morgan fingerprint density at radius 2 is 1.89 bits per heavy atom. The minimum Gasteiger partial charge on any atom is -0.441 e. The number of aryl methyl sites for hydroxylation is 1. The molecule has 4 aromatic rings. The van der Waals surface area contributed by atoms with Crippen molar-refractivity contribution in [2.45, 2.75) is 13.5 Å². The van der Waals surface area contributed by atoms with Crippen molar-refractivity contribution in [1.82, 2.24) is 9.55 Å². The second-order valence-corrected chi connectivity index (χ2v) is 6.19. The Kier molecular flexibility index (Phi) is 4.30. The van der Waals surface area contributed by atoms with E-state index in [1.54, 1.807) is 30.0 Å². The molecule has 4 rings (SSSR count). The molecule has 27 heavy (non-hydrogen) atoms. The van der Waals surface area contributed by atoms with Crippen LogP contribution in [0.5, 0.6) is 0 Å². The molecular formula is C21H17N3O3. The van der Waals surface area contributed by atoms with Crippen molar-refractivity contribution in [3.8, 4) is 11.3 Å². The number of aromatic nitrogens is 2. The maximum absolute atomic E-state index is 12.4. The van der Waals surface area contributed by atoms with Crippen LogP contribution in [0.1, 0.15) is 5.89 Å². The second-order valence-electron chi connectivity index (χ2n) is 6.19. The fourth-order valence-electron chi connectivity index (χ4n) is 2.97. The first-order chi connectivity index (χ1) is 13.1. The standard InChI is InChI=1S/C21H17N3O3/c1-14-22-12-20(27-14)15-6-8-16(9-7-15)23-21(26)13-24-11-10-19(25)17-4-2-3-5-18(17)24/h2-12H,13H2,1H3,(H,23,26). The normalized spacial score (nSPS) is 10.9. The topological polar surface area (TPSA) is 77.1 Å². The highest BCUT2D eigenvalue weighted by atomic mass is 16.4. The van der Waals surface area contributed by atoms with Crippen LogP contribution in [0.2, 0.25) is 0 Å². The zero-order chi connectivity index (χ0) is 18.8. The summed E-state index contributed by atoms with van der Waals surface area (Å²) >= 11 is 0. The summed E-state index contributed by atoms with van der Waals surface area (Å²) < 4.78 is 7.25. The number of anilines is 1. The Morgan fingerprint density at radius 3 is 2.63 bits per heavy atom. The quantitative estimate of drug-likeness (QED) is 0.604. The van der Waals surface area contributed by atoms with E-state index in [9.17, 15) is 9.59 Å². The van der Waals surface area contributed by atoms with E-state index in [4.69, 9.17) is 4.42 Å². The largest absolute Gasteiger partial charge is 0.441 e. The van der Waals surface area contributed by atoms with Crippen LogP contribution in [0, 0.1) is 6.92 Å². The van der Waals surface area contributed by atoms with Gasteiger partial charge in [-0.1, -0.05) is 12.1 Å². The smallest absolute Gasteiger partial charge is 0.244 e. The van der Waals surface area contributed by atoms with Crippen molar-refractivity contribution in [3.63, 3.8) is 0 Å². The number of hydrogen-bond donors (Lipinski definition) is 1. The number of carbonyl (C=O) groups excluding carboxylic acids is 1. The van der Waals surface area contributed by atoms with E-state index in [1.807, 2.05) is 42.5 Å². The number of rotatable bonds is 4. The van der Waals surface area contributed by atoms with Crippen LogP contribution in [-0.4, -0.2) is 15.5 Å². The predicted octanol–water partition coefficient (Wildman–Crippen LogP) is 3.60. The first-order valence-corrected chi connectivity index (χ1v) is 8.51. The first-order valence-electron chi connectivity index (χ1n) is 8.51. The minimum atomic E-state index is -0.174. The molecule has 0 radical (unpaired) electrons. The molecule has 0 spiro atoms. The number of pyridine rings is 1. The lowest BCUT2D eigenvalue weighted by molar-refractivity contribution is -0.116. The van der Waals surface area contributed by atoms with E-state index >= 15 is 0 Å². The van der Waals surface area contributed by atoms with E-state index in [2.05, 4.69) is 10.3 Å². The fourth-order valence-corrected chi connectivity index (χ4v) is 2.97. The van der Waals surface area contributed by atoms with Gasteiger partial charge in [0.15, 0.2) is 17.1 Å². The van der Waals surface area contributed by atoms with E-state index in [0.717, 1.165) is 11.1 Å². The number of amides is 1. The molecule has 0 unspecified atom stereocenters. The van der Waals surface area contributed by atoms with Crippen molar-refractivity contribution >= 4 is 22.5 Å². The SMILES string of the molecule is Cc1ncc(-c2ccc(NC(=O)Cn3ccc(=O)c4ccccc43)cc2)o1. The van der Waals surface area contributed by atoms with Gasteiger partial charge in [0.2, 0.25) is 5.91 Å². The number of fused-ring (bicyclic) bond motifs is 1. The molecule has 1 N–H and O–H groups in total. The van der Waals surface area contributed by atoms with Crippen molar-refractivity contribution < 1.29 is 9.21 Å². The maximum atomic E-state index is 12.4. The summed E-state index contributed by atoms with van der Waals surface area (Å²) in [6.45, 7) is 1.91. The lowest BCUT2D eigenvalue weighted by Gasteiger charge is -2.11. The highest BCUT2D eigenvalue weighted by Crippen LogP contribution is 2.22. The third-order valence-corrected chi connectivity index (χ3v) is 4.27. The molecule has 2 heterocycles. The van der Waals surface area contributed by atoms with Crippen LogP contribution in [0.25, 0.3) is 22.2 Å². The van der Waals surface area contributed by atoms with Gasteiger partial charge in [-0.2, -0.15) is 0 Å². The number of nitrogens with one attached hydrogen (secondary N) is 1. The predicted molar refractivity (Wildman–Crippen MR) is 104 cm³/mol. The number of nitrogens with zero attached hydrogens (tertiary/aromatic N) is 2. The van der Waals surface area contributed by atoms with Gasteiger partial charge in [0.1, 0.15) is 6.54 Å². The summed E-state index contributed by atoms with van der Waals surface area (Å²) in [6, 6.07) is 16.1. The number of benzene rings is 2. The molecule has 0 aliphatic rings. The molecule has 1 amide bonds. The van der Waals surface area contributed by atoms with Gasteiger partial charge in [-0.15, -0.1) is 0 Å². The average molecular weight is 359 g/mol. The lowest BCUT2D eigenvalue weighted by atomic mass is 10.1. The Morgan fingerprint density at radius 1 is 1.11 bits per heavy atom. The van der Waals surface area contributed by atoms with Gasteiger partial charge in [0.25, 0.3) is 0 Å². The molecule has 6 nitrogen and oxygen atoms in total. The molecule has 134 valence electrons. The van der Waals surface area contributed by atoms with E-state index in [-0.39, 0.29) is 17.9 Å². The molecule has 0 atom stereocenters. The molecule has 0 saturated heterocycles. The Labute approximate surface area is 155 Å². The molecule has 0 saturated carbocycles.